The van der Waals surface area contributed by atoms with Gasteiger partial charge in [-0.25, -0.2) is 8.78 Å². The van der Waals surface area contributed by atoms with Gasteiger partial charge in [0.05, 0.1) is 7.11 Å². The van der Waals surface area contributed by atoms with Crippen molar-refractivity contribution in [2.45, 2.75) is 44.4 Å². The van der Waals surface area contributed by atoms with Gasteiger partial charge in [-0.2, -0.15) is 0 Å². The molecule has 2 aliphatic heterocycles. The number of benzene rings is 2. The van der Waals surface area contributed by atoms with E-state index in [-0.39, 0.29) is 17.7 Å². The summed E-state index contributed by atoms with van der Waals surface area (Å²) < 4.78 is 38.0. The maximum atomic E-state index is 13.4. The number of aryl methyl sites for hydroxylation is 1. The van der Waals surface area contributed by atoms with E-state index < -0.39 is 6.10 Å². The van der Waals surface area contributed by atoms with Crippen molar-refractivity contribution in [3.63, 3.8) is 0 Å². The standard InChI is InChI=1S/C24H30F2N2O3/c1-16-13-17(25)3-5-20(16)27-10-7-19(8-11-27)28-12-9-22(21(29)15-28)31-23-6-4-18(26)14-24(23)30-2/h3-6,13-14,19,21-22,29H,7-12,15H2,1-2H3/t21-,22-/m1/s1. The normalized spacial score (nSPS) is 23.1. The molecule has 7 heteroatoms. The predicted molar refractivity (Wildman–Crippen MR) is 116 cm³/mol. The van der Waals surface area contributed by atoms with E-state index in [1.54, 1.807) is 12.1 Å². The number of aliphatic hydroxyl groups excluding tert-OH is 1. The molecule has 0 radical (unpaired) electrons. The third-order valence-corrected chi connectivity index (χ3v) is 6.44. The number of rotatable bonds is 5. The topological polar surface area (TPSA) is 45.2 Å². The molecular weight excluding hydrogens is 402 g/mol. The molecule has 0 bridgehead atoms. The van der Waals surface area contributed by atoms with Crippen LogP contribution < -0.4 is 14.4 Å². The van der Waals surface area contributed by atoms with Crippen molar-refractivity contribution in [1.29, 1.82) is 0 Å². The van der Waals surface area contributed by atoms with Gasteiger partial charge in [0.2, 0.25) is 0 Å². The zero-order chi connectivity index (χ0) is 22.0. The second-order valence-electron chi connectivity index (χ2n) is 8.45. The highest BCUT2D eigenvalue weighted by Crippen LogP contribution is 2.32. The lowest BCUT2D eigenvalue weighted by Crippen LogP contribution is -2.54. The fourth-order valence-corrected chi connectivity index (χ4v) is 4.75. The lowest BCUT2D eigenvalue weighted by Gasteiger charge is -2.44. The number of piperidine rings is 2. The van der Waals surface area contributed by atoms with Crippen LogP contribution in [0.4, 0.5) is 14.5 Å². The molecule has 2 saturated heterocycles. The van der Waals surface area contributed by atoms with Gasteiger partial charge in [0, 0.05) is 44.0 Å². The van der Waals surface area contributed by atoms with Crippen molar-refractivity contribution >= 4 is 5.69 Å². The van der Waals surface area contributed by atoms with E-state index >= 15 is 0 Å². The Hall–Kier alpha value is -2.38. The monoisotopic (exact) mass is 432 g/mol. The van der Waals surface area contributed by atoms with Gasteiger partial charge in [-0.3, -0.25) is 4.90 Å². The molecule has 168 valence electrons. The Kier molecular flexibility index (Phi) is 6.62. The fourth-order valence-electron chi connectivity index (χ4n) is 4.75. The van der Waals surface area contributed by atoms with Crippen molar-refractivity contribution in [2.24, 2.45) is 0 Å². The summed E-state index contributed by atoms with van der Waals surface area (Å²) in [6, 6.07) is 9.53. The number of likely N-dealkylation sites (tertiary alicyclic amines) is 1. The highest BCUT2D eigenvalue weighted by molar-refractivity contribution is 5.53. The van der Waals surface area contributed by atoms with Gasteiger partial charge in [-0.05, 0) is 62.1 Å². The van der Waals surface area contributed by atoms with Crippen molar-refractivity contribution in [2.75, 3.05) is 38.2 Å². The number of β-amino-alcohol motifs (C(OH)–C–C–N with tert-alkyl or cyclic N) is 1. The molecule has 2 aromatic carbocycles. The summed E-state index contributed by atoms with van der Waals surface area (Å²) >= 11 is 0. The first-order chi connectivity index (χ1) is 14.9. The minimum absolute atomic E-state index is 0.200. The quantitative estimate of drug-likeness (QED) is 0.780. The van der Waals surface area contributed by atoms with Crippen LogP contribution in [0.25, 0.3) is 0 Å². The van der Waals surface area contributed by atoms with Crippen LogP contribution in [0.5, 0.6) is 11.5 Å². The molecule has 2 aliphatic rings. The largest absolute Gasteiger partial charge is 0.493 e. The van der Waals surface area contributed by atoms with Gasteiger partial charge in [-0.1, -0.05) is 0 Å². The molecule has 4 rings (SSSR count). The number of halogens is 2. The summed E-state index contributed by atoms with van der Waals surface area (Å²) in [5, 5.41) is 10.7. The highest BCUT2D eigenvalue weighted by atomic mass is 19.1. The fraction of sp³-hybridized carbons (Fsp3) is 0.500. The first kappa shape index (κ1) is 21.8. The third-order valence-electron chi connectivity index (χ3n) is 6.44. The number of hydrogen-bond acceptors (Lipinski definition) is 5. The van der Waals surface area contributed by atoms with E-state index in [0.717, 1.165) is 43.7 Å². The Morgan fingerprint density at radius 2 is 1.65 bits per heavy atom. The van der Waals surface area contributed by atoms with E-state index in [2.05, 4.69) is 9.80 Å². The third kappa shape index (κ3) is 4.93. The van der Waals surface area contributed by atoms with E-state index in [4.69, 9.17) is 9.47 Å². The van der Waals surface area contributed by atoms with E-state index in [1.807, 2.05) is 13.0 Å². The van der Waals surface area contributed by atoms with Crippen LogP contribution in [0, 0.1) is 18.6 Å². The molecule has 0 aromatic heterocycles. The van der Waals surface area contributed by atoms with E-state index in [9.17, 15) is 13.9 Å². The minimum atomic E-state index is -0.624. The van der Waals surface area contributed by atoms with Gasteiger partial charge in [-0.15, -0.1) is 0 Å². The van der Waals surface area contributed by atoms with Crippen molar-refractivity contribution < 1.29 is 23.4 Å². The van der Waals surface area contributed by atoms with Gasteiger partial charge < -0.3 is 19.5 Å². The number of methoxy groups -OCH3 is 1. The average Bonchev–Trinajstić information content (AvgIpc) is 2.76. The molecule has 0 aliphatic carbocycles. The van der Waals surface area contributed by atoms with Crippen LogP contribution in [-0.2, 0) is 0 Å². The van der Waals surface area contributed by atoms with E-state index in [1.165, 1.54) is 25.3 Å². The molecule has 1 N–H and O–H groups in total. The van der Waals surface area contributed by atoms with Crippen molar-refractivity contribution in [3.05, 3.63) is 53.6 Å². The first-order valence-electron chi connectivity index (χ1n) is 10.9. The van der Waals surface area contributed by atoms with Crippen molar-refractivity contribution in [3.8, 4) is 11.5 Å². The number of hydrogen-bond donors (Lipinski definition) is 1. The molecule has 2 heterocycles. The molecular formula is C24H30F2N2O3. The lowest BCUT2D eigenvalue weighted by atomic mass is 9.97. The Balaban J connectivity index is 1.31. The lowest BCUT2D eigenvalue weighted by molar-refractivity contribution is -0.0406. The Morgan fingerprint density at radius 3 is 2.32 bits per heavy atom. The molecule has 0 spiro atoms. The summed E-state index contributed by atoms with van der Waals surface area (Å²) in [7, 11) is 1.47. The van der Waals surface area contributed by atoms with Gasteiger partial charge >= 0.3 is 0 Å². The van der Waals surface area contributed by atoms with Crippen LogP contribution in [0.2, 0.25) is 0 Å². The number of nitrogens with zero attached hydrogens (tertiary/aromatic N) is 2. The Labute approximate surface area is 182 Å². The first-order valence-corrected chi connectivity index (χ1v) is 10.9. The second-order valence-corrected chi connectivity index (χ2v) is 8.45. The number of anilines is 1. The predicted octanol–water partition coefficient (Wildman–Crippen LogP) is 3.76. The maximum absolute atomic E-state index is 13.4. The number of aliphatic hydroxyl groups is 1. The molecule has 0 saturated carbocycles. The highest BCUT2D eigenvalue weighted by Gasteiger charge is 2.34. The second kappa shape index (κ2) is 9.40. The molecule has 0 unspecified atom stereocenters. The molecule has 2 fully saturated rings. The zero-order valence-electron chi connectivity index (χ0n) is 18.1. The maximum Gasteiger partial charge on any atom is 0.163 e. The van der Waals surface area contributed by atoms with E-state index in [0.29, 0.717) is 30.5 Å². The van der Waals surface area contributed by atoms with Gasteiger partial charge in [0.15, 0.2) is 11.5 Å². The van der Waals surface area contributed by atoms with Gasteiger partial charge in [0.1, 0.15) is 23.8 Å². The number of ether oxygens (including phenoxy) is 2. The molecule has 31 heavy (non-hydrogen) atoms. The average molecular weight is 433 g/mol. The van der Waals surface area contributed by atoms with Crippen LogP contribution >= 0.6 is 0 Å². The SMILES string of the molecule is COc1cc(F)ccc1O[C@@H]1CCN(C2CCN(c3ccc(F)cc3C)CC2)C[C@H]1O. The molecule has 2 aromatic rings. The van der Waals surface area contributed by atoms with Gasteiger partial charge in [0.25, 0.3) is 0 Å². The zero-order valence-corrected chi connectivity index (χ0v) is 18.1. The van der Waals surface area contributed by atoms with Crippen molar-refractivity contribution in [1.82, 2.24) is 4.90 Å². The molecule has 5 nitrogen and oxygen atoms in total. The van der Waals surface area contributed by atoms with Crippen LogP contribution in [-0.4, -0.2) is 61.5 Å². The Morgan fingerprint density at radius 1 is 0.935 bits per heavy atom. The summed E-state index contributed by atoms with van der Waals surface area (Å²) in [5.41, 5.74) is 2.06. The molecule has 0 amide bonds. The van der Waals surface area contributed by atoms with Crippen LogP contribution in [0.3, 0.4) is 0 Å². The summed E-state index contributed by atoms with van der Waals surface area (Å²) in [4.78, 5) is 4.67. The minimum Gasteiger partial charge on any atom is -0.493 e. The van der Waals surface area contributed by atoms with Crippen LogP contribution in [0.1, 0.15) is 24.8 Å². The summed E-state index contributed by atoms with van der Waals surface area (Å²) in [6.45, 7) is 5.16. The molecule has 2 atom stereocenters. The summed E-state index contributed by atoms with van der Waals surface area (Å²) in [5.74, 6) is 0.192. The Bertz CT molecular complexity index is 902. The smallest absolute Gasteiger partial charge is 0.163 e. The summed E-state index contributed by atoms with van der Waals surface area (Å²) in [6.07, 6.45) is 1.72. The van der Waals surface area contributed by atoms with Crippen LogP contribution in [0.15, 0.2) is 36.4 Å².